The smallest absolute Gasteiger partial charge is 0.252 e. The van der Waals surface area contributed by atoms with Gasteiger partial charge in [0.1, 0.15) is 11.7 Å². The molecule has 0 spiro atoms. The summed E-state index contributed by atoms with van der Waals surface area (Å²) in [6.07, 6.45) is 3.18. The van der Waals surface area contributed by atoms with Crippen molar-refractivity contribution in [1.29, 1.82) is 0 Å². The molecule has 1 aliphatic carbocycles. The van der Waals surface area contributed by atoms with Crippen molar-refractivity contribution in [2.75, 3.05) is 0 Å². The van der Waals surface area contributed by atoms with Crippen molar-refractivity contribution in [3.8, 4) is 0 Å². The summed E-state index contributed by atoms with van der Waals surface area (Å²) < 4.78 is 26.3. The largest absolute Gasteiger partial charge is 0.299 e. The maximum absolute atomic E-state index is 13.2. The number of rotatable bonds is 5. The highest BCUT2D eigenvalue weighted by Crippen LogP contribution is 2.31. The molecule has 1 aromatic rings. The van der Waals surface area contributed by atoms with Crippen molar-refractivity contribution >= 4 is 5.78 Å². The molecule has 1 atom stereocenters. The third-order valence-corrected chi connectivity index (χ3v) is 3.97. The summed E-state index contributed by atoms with van der Waals surface area (Å²) in [5.41, 5.74) is 0.443. The fraction of sp³-hybridized carbons (Fsp3) is 0.562. The van der Waals surface area contributed by atoms with Gasteiger partial charge in [-0.05, 0) is 11.5 Å². The minimum atomic E-state index is -2.61. The van der Waals surface area contributed by atoms with Crippen molar-refractivity contribution in [3.05, 3.63) is 35.9 Å². The fourth-order valence-corrected chi connectivity index (χ4v) is 2.94. The van der Waals surface area contributed by atoms with Crippen molar-refractivity contribution in [3.63, 3.8) is 0 Å². The minimum absolute atomic E-state index is 0.298. The molecule has 19 heavy (non-hydrogen) atoms. The van der Waals surface area contributed by atoms with Gasteiger partial charge in [0.05, 0.1) is 0 Å². The van der Waals surface area contributed by atoms with Crippen LogP contribution in [0.2, 0.25) is 0 Å². The van der Waals surface area contributed by atoms with Crippen LogP contribution in [0.15, 0.2) is 30.3 Å². The molecule has 0 radical (unpaired) electrons. The Labute approximate surface area is 113 Å². The van der Waals surface area contributed by atoms with Crippen LogP contribution < -0.4 is 0 Å². The molecular weight excluding hydrogens is 246 g/mol. The maximum atomic E-state index is 13.2. The molecule has 1 saturated carbocycles. The molecule has 0 N–H and O–H groups in total. The molecule has 0 amide bonds. The summed E-state index contributed by atoms with van der Waals surface area (Å²) in [7, 11) is 0. The molecule has 0 aliphatic heterocycles. The molecule has 1 aliphatic rings. The highest BCUT2D eigenvalue weighted by atomic mass is 19.3. The van der Waals surface area contributed by atoms with E-state index in [4.69, 9.17) is 0 Å². The number of carbonyl (C=O) groups is 1. The lowest BCUT2D eigenvalue weighted by Gasteiger charge is -2.23. The second-order valence-corrected chi connectivity index (χ2v) is 5.40. The van der Waals surface area contributed by atoms with Crippen LogP contribution in [0, 0.1) is 5.92 Å². The maximum Gasteiger partial charge on any atom is 0.252 e. The first-order valence-corrected chi connectivity index (χ1v) is 7.04. The van der Waals surface area contributed by atoms with Crippen LogP contribution in [-0.2, 0) is 4.79 Å². The Balaban J connectivity index is 2.04. The average Bonchev–Trinajstić information content (AvgIpc) is 2.40. The lowest BCUT2D eigenvalue weighted by Crippen LogP contribution is -2.23. The first kappa shape index (κ1) is 14.2. The van der Waals surface area contributed by atoms with Crippen LogP contribution in [0.5, 0.6) is 0 Å². The minimum Gasteiger partial charge on any atom is -0.299 e. The molecule has 2 rings (SSSR count). The van der Waals surface area contributed by atoms with Crippen molar-refractivity contribution in [1.82, 2.24) is 0 Å². The number of benzene rings is 1. The standard InChI is InChI=1S/C16H20F2O/c17-16(18)15(13-9-5-2-6-10-13)14(19)11-12-7-3-1-4-8-12/h2,5-6,9-10,12,15-16H,1,3-4,7-8,11H2. The van der Waals surface area contributed by atoms with Gasteiger partial charge in [-0.1, -0.05) is 62.4 Å². The number of hydrogen-bond acceptors (Lipinski definition) is 1. The van der Waals surface area contributed by atoms with Crippen LogP contribution in [0.1, 0.15) is 50.0 Å². The zero-order chi connectivity index (χ0) is 13.7. The number of Topliss-reactive ketones (excluding diaryl/α,β-unsaturated/α-hetero) is 1. The molecule has 1 nitrogen and oxygen atoms in total. The van der Waals surface area contributed by atoms with E-state index >= 15 is 0 Å². The average molecular weight is 266 g/mol. The third kappa shape index (κ3) is 3.85. The Hall–Kier alpha value is -1.25. The lowest BCUT2D eigenvalue weighted by atomic mass is 9.82. The monoisotopic (exact) mass is 266 g/mol. The summed E-state index contributed by atoms with van der Waals surface area (Å²) in [4.78, 5) is 12.2. The molecular formula is C16H20F2O. The lowest BCUT2D eigenvalue weighted by molar-refractivity contribution is -0.124. The zero-order valence-electron chi connectivity index (χ0n) is 11.0. The van der Waals surface area contributed by atoms with Gasteiger partial charge >= 0.3 is 0 Å². The van der Waals surface area contributed by atoms with E-state index < -0.39 is 12.3 Å². The number of alkyl halides is 2. The van der Waals surface area contributed by atoms with E-state index in [-0.39, 0.29) is 5.78 Å². The van der Waals surface area contributed by atoms with Crippen LogP contribution in [-0.4, -0.2) is 12.2 Å². The molecule has 1 aromatic carbocycles. The number of carbonyl (C=O) groups excluding carboxylic acids is 1. The Morgan fingerprint density at radius 2 is 1.74 bits per heavy atom. The third-order valence-electron chi connectivity index (χ3n) is 3.97. The molecule has 0 aromatic heterocycles. The van der Waals surface area contributed by atoms with Gasteiger partial charge in [0.2, 0.25) is 0 Å². The van der Waals surface area contributed by atoms with Crippen LogP contribution in [0.25, 0.3) is 0 Å². The predicted molar refractivity (Wildman–Crippen MR) is 71.4 cm³/mol. The Morgan fingerprint density at radius 1 is 1.11 bits per heavy atom. The molecule has 0 bridgehead atoms. The van der Waals surface area contributed by atoms with Gasteiger partial charge in [0.15, 0.2) is 0 Å². The fourth-order valence-electron chi connectivity index (χ4n) is 2.94. The van der Waals surface area contributed by atoms with Crippen LogP contribution >= 0.6 is 0 Å². The molecule has 1 fully saturated rings. The molecule has 104 valence electrons. The first-order valence-electron chi connectivity index (χ1n) is 7.04. The van der Waals surface area contributed by atoms with Gasteiger partial charge in [0.25, 0.3) is 6.43 Å². The highest BCUT2D eigenvalue weighted by molar-refractivity contribution is 5.86. The van der Waals surface area contributed by atoms with Crippen LogP contribution in [0.3, 0.4) is 0 Å². The van der Waals surface area contributed by atoms with Crippen molar-refractivity contribution in [2.24, 2.45) is 5.92 Å². The summed E-state index contributed by atoms with van der Waals surface area (Å²) in [5.74, 6) is -1.23. The van der Waals surface area contributed by atoms with E-state index in [1.165, 1.54) is 6.42 Å². The van der Waals surface area contributed by atoms with Gasteiger partial charge in [-0.2, -0.15) is 0 Å². The number of hydrogen-bond donors (Lipinski definition) is 0. The van der Waals surface area contributed by atoms with E-state index in [0.717, 1.165) is 25.7 Å². The first-order chi connectivity index (χ1) is 9.18. The molecule has 3 heteroatoms. The Morgan fingerprint density at radius 3 is 2.32 bits per heavy atom. The van der Waals surface area contributed by atoms with E-state index in [0.29, 0.717) is 17.9 Å². The second kappa shape index (κ2) is 6.78. The number of ketones is 1. The molecule has 0 saturated heterocycles. The Bertz CT molecular complexity index is 396. The zero-order valence-corrected chi connectivity index (χ0v) is 11.0. The van der Waals surface area contributed by atoms with E-state index in [1.54, 1.807) is 30.3 Å². The topological polar surface area (TPSA) is 17.1 Å². The summed E-state index contributed by atoms with van der Waals surface area (Å²) >= 11 is 0. The van der Waals surface area contributed by atoms with E-state index in [2.05, 4.69) is 0 Å². The van der Waals surface area contributed by atoms with Crippen molar-refractivity contribution in [2.45, 2.75) is 50.9 Å². The van der Waals surface area contributed by atoms with Gasteiger partial charge < -0.3 is 0 Å². The molecule has 1 unspecified atom stereocenters. The van der Waals surface area contributed by atoms with Gasteiger partial charge in [-0.25, -0.2) is 8.78 Å². The Kier molecular flexibility index (Phi) is 5.06. The van der Waals surface area contributed by atoms with Crippen LogP contribution in [0.4, 0.5) is 8.78 Å². The van der Waals surface area contributed by atoms with Crippen molar-refractivity contribution < 1.29 is 13.6 Å². The predicted octanol–water partition coefficient (Wildman–Crippen LogP) is 4.57. The summed E-state index contributed by atoms with van der Waals surface area (Å²) in [5, 5.41) is 0. The van der Waals surface area contributed by atoms with E-state index in [9.17, 15) is 13.6 Å². The van der Waals surface area contributed by atoms with E-state index in [1.807, 2.05) is 0 Å². The second-order valence-electron chi connectivity index (χ2n) is 5.40. The summed E-state index contributed by atoms with van der Waals surface area (Å²) in [6.45, 7) is 0. The normalized spacial score (nSPS) is 18.5. The van der Waals surface area contributed by atoms with Gasteiger partial charge in [-0.15, -0.1) is 0 Å². The quantitative estimate of drug-likeness (QED) is 0.762. The summed E-state index contributed by atoms with van der Waals surface area (Å²) in [6, 6.07) is 8.43. The van der Waals surface area contributed by atoms with Gasteiger partial charge in [0, 0.05) is 6.42 Å². The molecule has 0 heterocycles. The highest BCUT2D eigenvalue weighted by Gasteiger charge is 2.31. The SMILES string of the molecule is O=C(CC1CCCCC1)C(c1ccccc1)C(F)F. The number of halogens is 2. The van der Waals surface area contributed by atoms with Gasteiger partial charge in [-0.3, -0.25) is 4.79 Å².